The lowest BCUT2D eigenvalue weighted by Gasteiger charge is -2.27. The smallest absolute Gasteiger partial charge is 0.255 e. The van der Waals surface area contributed by atoms with E-state index >= 15 is 0 Å². The Hall–Kier alpha value is -1.38. The molecule has 0 aliphatic carbocycles. The highest BCUT2D eigenvalue weighted by Gasteiger charge is 2.33. The van der Waals surface area contributed by atoms with Gasteiger partial charge in [0.05, 0.1) is 17.4 Å². The Balaban J connectivity index is 2.09. The Kier molecular flexibility index (Phi) is 5.96. The number of nitrogens with one attached hydrogen (secondary N) is 1. The second kappa shape index (κ2) is 7.47. The van der Waals surface area contributed by atoms with Crippen molar-refractivity contribution in [2.24, 2.45) is 0 Å². The average Bonchev–Trinajstić information content (AvgIpc) is 2.69. The van der Waals surface area contributed by atoms with E-state index < -0.39 is 15.6 Å². The molecular formula is C17H29N3O4S. The van der Waals surface area contributed by atoms with Gasteiger partial charge in [-0.15, -0.1) is 0 Å². The third-order valence-corrected chi connectivity index (χ3v) is 5.66. The summed E-state index contributed by atoms with van der Waals surface area (Å²) in [6.07, 6.45) is 2.54. The van der Waals surface area contributed by atoms with Crippen LogP contribution in [0.15, 0.2) is 6.07 Å². The van der Waals surface area contributed by atoms with Crippen molar-refractivity contribution in [2.75, 3.05) is 25.9 Å². The molecule has 1 amide bonds. The van der Waals surface area contributed by atoms with Crippen LogP contribution in [0.4, 0.5) is 0 Å². The van der Waals surface area contributed by atoms with Gasteiger partial charge in [0.15, 0.2) is 0 Å². The molecule has 7 nitrogen and oxygen atoms in total. The van der Waals surface area contributed by atoms with E-state index in [1.807, 2.05) is 19.9 Å². The summed E-state index contributed by atoms with van der Waals surface area (Å²) in [5.74, 6) is -0.0203. The number of likely N-dealkylation sites (tertiary alicyclic amines) is 1. The van der Waals surface area contributed by atoms with Crippen LogP contribution in [0.2, 0.25) is 0 Å². The number of hydrogen-bond acceptors (Lipinski definition) is 4. The fourth-order valence-corrected chi connectivity index (χ4v) is 4.03. The third-order valence-electron chi connectivity index (χ3n) is 4.99. The largest absolute Gasteiger partial charge is 0.388 e. The Morgan fingerprint density at radius 1 is 1.32 bits per heavy atom. The Morgan fingerprint density at radius 2 is 2.00 bits per heavy atom. The maximum absolute atomic E-state index is 12.9. The zero-order valence-electron chi connectivity index (χ0n) is 15.5. The van der Waals surface area contributed by atoms with Gasteiger partial charge in [-0.3, -0.25) is 4.79 Å². The zero-order chi connectivity index (χ0) is 18.8. The normalized spacial score (nSPS) is 22.0. The molecule has 1 aromatic rings. The summed E-state index contributed by atoms with van der Waals surface area (Å²) in [5.41, 5.74) is 1.62. The SMILES string of the molecule is CCn1c(C)cc(C(=O)N2CCC[C@](O)(CNS(C)(=O)=O)CC2)c1C. The minimum atomic E-state index is -3.35. The van der Waals surface area contributed by atoms with Crippen LogP contribution in [0.5, 0.6) is 0 Å². The van der Waals surface area contributed by atoms with Crippen molar-refractivity contribution in [3.8, 4) is 0 Å². The number of aryl methyl sites for hydroxylation is 1. The molecule has 0 spiro atoms. The molecule has 1 aliphatic rings. The summed E-state index contributed by atoms with van der Waals surface area (Å²) < 4.78 is 27.0. The van der Waals surface area contributed by atoms with Gasteiger partial charge in [0.25, 0.3) is 5.91 Å². The number of carbonyl (C=O) groups is 1. The average molecular weight is 372 g/mol. The van der Waals surface area contributed by atoms with Gasteiger partial charge in [0, 0.05) is 37.6 Å². The van der Waals surface area contributed by atoms with E-state index in [1.165, 1.54) is 0 Å². The first-order valence-corrected chi connectivity index (χ1v) is 10.6. The monoisotopic (exact) mass is 371 g/mol. The van der Waals surface area contributed by atoms with E-state index in [1.54, 1.807) is 4.90 Å². The molecule has 1 aromatic heterocycles. The van der Waals surface area contributed by atoms with Gasteiger partial charge in [0.2, 0.25) is 10.0 Å². The van der Waals surface area contributed by atoms with Gasteiger partial charge in [-0.2, -0.15) is 0 Å². The van der Waals surface area contributed by atoms with Crippen molar-refractivity contribution in [3.05, 3.63) is 23.0 Å². The summed E-state index contributed by atoms with van der Waals surface area (Å²) in [6.45, 7) is 7.78. The molecule has 0 aromatic carbocycles. The second-order valence-corrected chi connectivity index (χ2v) is 8.83. The summed E-state index contributed by atoms with van der Waals surface area (Å²) >= 11 is 0. The lowest BCUT2D eigenvalue weighted by molar-refractivity contribution is 0.0305. The van der Waals surface area contributed by atoms with E-state index in [2.05, 4.69) is 16.2 Å². The second-order valence-electron chi connectivity index (χ2n) is 6.99. The predicted octanol–water partition coefficient (Wildman–Crippen LogP) is 1.03. The van der Waals surface area contributed by atoms with Crippen molar-refractivity contribution in [2.45, 2.75) is 52.2 Å². The standard InChI is InChI=1S/C17H29N3O4S/c1-5-20-13(2)11-15(14(20)3)16(21)19-9-6-7-17(22,8-10-19)12-18-25(4,23)24/h11,18,22H,5-10,12H2,1-4H3/t17-/m1/s1. The molecular weight excluding hydrogens is 342 g/mol. The number of hydrogen-bond donors (Lipinski definition) is 2. The number of carbonyl (C=O) groups excluding carboxylic acids is 1. The third kappa shape index (κ3) is 4.83. The van der Waals surface area contributed by atoms with E-state index in [4.69, 9.17) is 0 Å². The molecule has 25 heavy (non-hydrogen) atoms. The molecule has 8 heteroatoms. The highest BCUT2D eigenvalue weighted by Crippen LogP contribution is 2.24. The van der Waals surface area contributed by atoms with Crippen LogP contribution in [0.3, 0.4) is 0 Å². The first kappa shape index (κ1) is 19.9. The van der Waals surface area contributed by atoms with Gasteiger partial charge in [0.1, 0.15) is 0 Å². The Labute approximate surface area is 150 Å². The molecule has 2 rings (SSSR count). The van der Waals surface area contributed by atoms with Crippen LogP contribution in [0, 0.1) is 13.8 Å². The van der Waals surface area contributed by atoms with Gasteiger partial charge >= 0.3 is 0 Å². The summed E-state index contributed by atoms with van der Waals surface area (Å²) in [7, 11) is -3.35. The summed E-state index contributed by atoms with van der Waals surface area (Å²) in [4.78, 5) is 14.7. The van der Waals surface area contributed by atoms with Crippen LogP contribution in [-0.4, -0.2) is 60.4 Å². The molecule has 0 radical (unpaired) electrons. The van der Waals surface area contributed by atoms with Gasteiger partial charge in [-0.25, -0.2) is 13.1 Å². The summed E-state index contributed by atoms with van der Waals surface area (Å²) in [6, 6.07) is 1.92. The maximum Gasteiger partial charge on any atom is 0.255 e. The lowest BCUT2D eigenvalue weighted by Crippen LogP contribution is -2.43. The molecule has 0 bridgehead atoms. The van der Waals surface area contributed by atoms with Crippen molar-refractivity contribution < 1.29 is 18.3 Å². The first-order valence-electron chi connectivity index (χ1n) is 8.69. The Morgan fingerprint density at radius 3 is 2.56 bits per heavy atom. The molecule has 1 aliphatic heterocycles. The van der Waals surface area contributed by atoms with Gasteiger partial charge in [-0.1, -0.05) is 0 Å². The van der Waals surface area contributed by atoms with Crippen LogP contribution >= 0.6 is 0 Å². The molecule has 0 saturated carbocycles. The molecule has 0 unspecified atom stereocenters. The number of rotatable bonds is 5. The van der Waals surface area contributed by atoms with Gasteiger partial charge in [-0.05, 0) is 46.1 Å². The minimum absolute atomic E-state index is 0.0157. The zero-order valence-corrected chi connectivity index (χ0v) is 16.3. The van der Waals surface area contributed by atoms with Crippen LogP contribution in [-0.2, 0) is 16.6 Å². The summed E-state index contributed by atoms with van der Waals surface area (Å²) in [5, 5.41) is 10.7. The van der Waals surface area contributed by atoms with Crippen molar-refractivity contribution in [3.63, 3.8) is 0 Å². The number of aliphatic hydroxyl groups is 1. The van der Waals surface area contributed by atoms with Gasteiger partial charge < -0.3 is 14.6 Å². The van der Waals surface area contributed by atoms with Crippen LogP contribution in [0.1, 0.15) is 47.9 Å². The number of amides is 1. The van der Waals surface area contributed by atoms with Crippen molar-refractivity contribution in [1.29, 1.82) is 0 Å². The Bertz CT molecular complexity index is 741. The number of aromatic nitrogens is 1. The first-order chi connectivity index (χ1) is 11.6. The molecule has 2 heterocycles. The van der Waals surface area contributed by atoms with Crippen molar-refractivity contribution in [1.82, 2.24) is 14.2 Å². The van der Waals surface area contributed by atoms with Crippen molar-refractivity contribution >= 4 is 15.9 Å². The highest BCUT2D eigenvalue weighted by atomic mass is 32.2. The van der Waals surface area contributed by atoms with Crippen LogP contribution < -0.4 is 4.72 Å². The van der Waals surface area contributed by atoms with E-state index in [9.17, 15) is 18.3 Å². The fraction of sp³-hybridized carbons (Fsp3) is 0.706. The molecule has 1 saturated heterocycles. The molecule has 2 N–H and O–H groups in total. The number of sulfonamides is 1. The quantitative estimate of drug-likeness (QED) is 0.809. The van der Waals surface area contributed by atoms with E-state index in [-0.39, 0.29) is 12.5 Å². The predicted molar refractivity (Wildman–Crippen MR) is 97.1 cm³/mol. The minimum Gasteiger partial charge on any atom is -0.388 e. The van der Waals surface area contributed by atoms with Crippen LogP contribution in [0.25, 0.3) is 0 Å². The number of nitrogens with zero attached hydrogens (tertiary/aromatic N) is 2. The fourth-order valence-electron chi connectivity index (χ4n) is 3.50. The highest BCUT2D eigenvalue weighted by molar-refractivity contribution is 7.88. The maximum atomic E-state index is 12.9. The molecule has 1 atom stereocenters. The van der Waals surface area contributed by atoms with E-state index in [0.29, 0.717) is 37.9 Å². The molecule has 142 valence electrons. The topological polar surface area (TPSA) is 91.6 Å². The molecule has 1 fully saturated rings. The lowest BCUT2D eigenvalue weighted by atomic mass is 9.95. The van der Waals surface area contributed by atoms with E-state index in [0.717, 1.165) is 24.2 Å².